The topological polar surface area (TPSA) is 44.5 Å². The van der Waals surface area contributed by atoms with Crippen LogP contribution in [0.25, 0.3) is 0 Å². The third-order valence-corrected chi connectivity index (χ3v) is 2.78. The van der Waals surface area contributed by atoms with Crippen molar-refractivity contribution in [3.63, 3.8) is 0 Å². The Bertz CT molecular complexity index is 130. The zero-order chi connectivity index (χ0) is 8.97. The molecule has 0 amide bonds. The highest BCUT2D eigenvalue weighted by Crippen LogP contribution is 2.27. The largest absolute Gasteiger partial charge is 0.379 e. The SMILES string of the molecule is COC1CC[C@@H](CN)CC1OC. The molecule has 2 N–H and O–H groups in total. The second-order valence-electron chi connectivity index (χ2n) is 3.46. The van der Waals surface area contributed by atoms with Gasteiger partial charge in [-0.05, 0) is 31.7 Å². The molecule has 1 rings (SSSR count). The van der Waals surface area contributed by atoms with E-state index < -0.39 is 0 Å². The Morgan fingerprint density at radius 1 is 1.17 bits per heavy atom. The van der Waals surface area contributed by atoms with Gasteiger partial charge in [0.25, 0.3) is 0 Å². The second kappa shape index (κ2) is 4.80. The third kappa shape index (κ3) is 2.19. The van der Waals surface area contributed by atoms with Gasteiger partial charge in [-0.15, -0.1) is 0 Å². The Hall–Kier alpha value is -0.120. The van der Waals surface area contributed by atoms with E-state index in [-0.39, 0.29) is 12.2 Å². The molecule has 1 aliphatic carbocycles. The summed E-state index contributed by atoms with van der Waals surface area (Å²) in [6, 6.07) is 0. The summed E-state index contributed by atoms with van der Waals surface area (Å²) < 4.78 is 10.7. The van der Waals surface area contributed by atoms with Gasteiger partial charge in [-0.3, -0.25) is 0 Å². The lowest BCUT2D eigenvalue weighted by atomic mass is 9.85. The van der Waals surface area contributed by atoms with E-state index in [0.717, 1.165) is 19.4 Å². The van der Waals surface area contributed by atoms with Crippen molar-refractivity contribution in [1.29, 1.82) is 0 Å². The van der Waals surface area contributed by atoms with E-state index in [1.165, 1.54) is 6.42 Å². The summed E-state index contributed by atoms with van der Waals surface area (Å²) >= 11 is 0. The van der Waals surface area contributed by atoms with Crippen LogP contribution in [-0.2, 0) is 9.47 Å². The van der Waals surface area contributed by atoms with Gasteiger partial charge in [0, 0.05) is 14.2 Å². The van der Waals surface area contributed by atoms with Crippen molar-refractivity contribution in [2.24, 2.45) is 11.7 Å². The molecule has 2 unspecified atom stereocenters. The summed E-state index contributed by atoms with van der Waals surface area (Å²) in [5.74, 6) is 0.626. The van der Waals surface area contributed by atoms with Crippen LogP contribution in [0.1, 0.15) is 19.3 Å². The first kappa shape index (κ1) is 9.96. The number of hydrogen-bond donors (Lipinski definition) is 1. The Labute approximate surface area is 74.2 Å². The van der Waals surface area contributed by atoms with Crippen LogP contribution in [0, 0.1) is 5.92 Å². The van der Waals surface area contributed by atoms with Crippen LogP contribution in [-0.4, -0.2) is 33.0 Å². The molecule has 0 aromatic carbocycles. The summed E-state index contributed by atoms with van der Waals surface area (Å²) in [7, 11) is 3.50. The first-order chi connectivity index (χ1) is 5.81. The van der Waals surface area contributed by atoms with Gasteiger partial charge < -0.3 is 15.2 Å². The highest BCUT2D eigenvalue weighted by Gasteiger charge is 2.29. The summed E-state index contributed by atoms with van der Waals surface area (Å²) in [4.78, 5) is 0. The summed E-state index contributed by atoms with van der Waals surface area (Å²) in [5.41, 5.74) is 5.61. The molecule has 3 atom stereocenters. The molecule has 1 saturated carbocycles. The molecular formula is C9H19NO2. The molecule has 0 saturated heterocycles. The van der Waals surface area contributed by atoms with Crippen molar-refractivity contribution in [2.75, 3.05) is 20.8 Å². The number of nitrogens with two attached hydrogens (primary N) is 1. The van der Waals surface area contributed by atoms with Crippen molar-refractivity contribution >= 4 is 0 Å². The fourth-order valence-corrected chi connectivity index (χ4v) is 1.92. The van der Waals surface area contributed by atoms with Gasteiger partial charge in [0.05, 0.1) is 12.2 Å². The molecule has 0 aromatic rings. The second-order valence-corrected chi connectivity index (χ2v) is 3.46. The average Bonchev–Trinajstić information content (AvgIpc) is 2.16. The van der Waals surface area contributed by atoms with Crippen molar-refractivity contribution in [1.82, 2.24) is 0 Å². The summed E-state index contributed by atoms with van der Waals surface area (Å²) in [6.07, 6.45) is 3.83. The minimum Gasteiger partial charge on any atom is -0.379 e. The molecule has 0 radical (unpaired) electrons. The molecule has 0 spiro atoms. The van der Waals surface area contributed by atoms with Crippen molar-refractivity contribution in [2.45, 2.75) is 31.5 Å². The third-order valence-electron chi connectivity index (χ3n) is 2.78. The Morgan fingerprint density at radius 2 is 1.83 bits per heavy atom. The number of hydrogen-bond acceptors (Lipinski definition) is 3. The summed E-state index contributed by atoms with van der Waals surface area (Å²) in [5, 5.41) is 0. The molecular weight excluding hydrogens is 154 g/mol. The highest BCUT2D eigenvalue weighted by molar-refractivity contribution is 4.81. The van der Waals surface area contributed by atoms with Crippen molar-refractivity contribution in [3.05, 3.63) is 0 Å². The fraction of sp³-hybridized carbons (Fsp3) is 1.00. The Balaban J connectivity index is 2.41. The van der Waals surface area contributed by atoms with Gasteiger partial charge in [0.15, 0.2) is 0 Å². The molecule has 0 heterocycles. The minimum atomic E-state index is 0.247. The van der Waals surface area contributed by atoms with E-state index >= 15 is 0 Å². The standard InChI is InChI=1S/C9H19NO2/c1-11-8-4-3-7(6-10)5-9(8)12-2/h7-9H,3-6,10H2,1-2H3/t7-,8?,9?/m1/s1. The number of rotatable bonds is 3. The van der Waals surface area contributed by atoms with E-state index in [2.05, 4.69) is 0 Å². The molecule has 3 heteroatoms. The van der Waals surface area contributed by atoms with Crippen LogP contribution in [0.2, 0.25) is 0 Å². The first-order valence-electron chi connectivity index (χ1n) is 4.57. The van der Waals surface area contributed by atoms with E-state index in [9.17, 15) is 0 Å². The first-order valence-corrected chi connectivity index (χ1v) is 4.57. The fourth-order valence-electron chi connectivity index (χ4n) is 1.92. The predicted octanol–water partition coefficient (Wildman–Crippen LogP) is 0.775. The maximum Gasteiger partial charge on any atom is 0.0835 e. The quantitative estimate of drug-likeness (QED) is 0.685. The van der Waals surface area contributed by atoms with Gasteiger partial charge in [-0.2, -0.15) is 0 Å². The van der Waals surface area contributed by atoms with Gasteiger partial charge in [-0.1, -0.05) is 0 Å². The molecule has 0 aliphatic heterocycles. The monoisotopic (exact) mass is 173 g/mol. The number of ether oxygens (including phenoxy) is 2. The lowest BCUT2D eigenvalue weighted by Crippen LogP contribution is -2.38. The van der Waals surface area contributed by atoms with Crippen molar-refractivity contribution < 1.29 is 9.47 Å². The van der Waals surface area contributed by atoms with Gasteiger partial charge in [-0.25, -0.2) is 0 Å². The molecule has 0 bridgehead atoms. The number of methoxy groups -OCH3 is 2. The van der Waals surface area contributed by atoms with Crippen LogP contribution in [0.4, 0.5) is 0 Å². The van der Waals surface area contributed by atoms with E-state index in [4.69, 9.17) is 15.2 Å². The zero-order valence-corrected chi connectivity index (χ0v) is 7.95. The van der Waals surface area contributed by atoms with E-state index in [1.54, 1.807) is 14.2 Å². The van der Waals surface area contributed by atoms with Gasteiger partial charge >= 0.3 is 0 Å². The van der Waals surface area contributed by atoms with Gasteiger partial charge in [0.2, 0.25) is 0 Å². The average molecular weight is 173 g/mol. The van der Waals surface area contributed by atoms with Crippen LogP contribution in [0.5, 0.6) is 0 Å². The molecule has 12 heavy (non-hydrogen) atoms. The lowest BCUT2D eigenvalue weighted by Gasteiger charge is -2.33. The van der Waals surface area contributed by atoms with E-state index in [0.29, 0.717) is 5.92 Å². The molecule has 1 aliphatic rings. The van der Waals surface area contributed by atoms with Crippen LogP contribution < -0.4 is 5.73 Å². The molecule has 72 valence electrons. The maximum absolute atomic E-state index is 5.61. The van der Waals surface area contributed by atoms with Gasteiger partial charge in [0.1, 0.15) is 0 Å². The summed E-state index contributed by atoms with van der Waals surface area (Å²) in [6.45, 7) is 0.774. The van der Waals surface area contributed by atoms with Crippen LogP contribution >= 0.6 is 0 Å². The molecule has 1 fully saturated rings. The Morgan fingerprint density at radius 3 is 2.33 bits per heavy atom. The normalized spacial score (nSPS) is 36.8. The van der Waals surface area contributed by atoms with Crippen LogP contribution in [0.15, 0.2) is 0 Å². The van der Waals surface area contributed by atoms with Crippen molar-refractivity contribution in [3.8, 4) is 0 Å². The van der Waals surface area contributed by atoms with Crippen LogP contribution in [0.3, 0.4) is 0 Å². The Kier molecular flexibility index (Phi) is 3.98. The maximum atomic E-state index is 5.61. The molecule has 0 aromatic heterocycles. The minimum absolute atomic E-state index is 0.247. The smallest absolute Gasteiger partial charge is 0.0835 e. The predicted molar refractivity (Wildman–Crippen MR) is 48.0 cm³/mol. The lowest BCUT2D eigenvalue weighted by molar-refractivity contribution is -0.0692. The highest BCUT2D eigenvalue weighted by atomic mass is 16.5. The van der Waals surface area contributed by atoms with E-state index in [1.807, 2.05) is 0 Å². The molecule has 3 nitrogen and oxygen atoms in total. The zero-order valence-electron chi connectivity index (χ0n) is 7.95.